The van der Waals surface area contributed by atoms with E-state index in [1.54, 1.807) is 0 Å². The van der Waals surface area contributed by atoms with Gasteiger partial charge in [0.05, 0.1) is 12.2 Å². The lowest BCUT2D eigenvalue weighted by Crippen LogP contribution is -2.29. The van der Waals surface area contributed by atoms with Gasteiger partial charge in [-0.05, 0) is 53.4 Å². The van der Waals surface area contributed by atoms with Gasteiger partial charge in [0.15, 0.2) is 0 Å². The summed E-state index contributed by atoms with van der Waals surface area (Å²) in [6, 6.07) is 0. The Bertz CT molecular complexity index is 150. The predicted octanol–water partition coefficient (Wildman–Crippen LogP) is 1.10. The summed E-state index contributed by atoms with van der Waals surface area (Å²) in [6.07, 6.45) is 4.61. The largest absolute Gasteiger partial charge is 0.374 e. The first-order chi connectivity index (χ1) is 6.68. The molecule has 3 heteroatoms. The molecule has 1 aliphatic heterocycles. The first kappa shape index (κ1) is 12.0. The molecule has 0 aliphatic carbocycles. The van der Waals surface area contributed by atoms with Crippen molar-refractivity contribution in [2.24, 2.45) is 0 Å². The van der Waals surface area contributed by atoms with Crippen molar-refractivity contribution in [1.29, 1.82) is 0 Å². The maximum atomic E-state index is 5.72. The lowest BCUT2D eigenvalue weighted by Gasteiger charge is -2.13. The van der Waals surface area contributed by atoms with Crippen molar-refractivity contribution in [3.8, 4) is 0 Å². The molecule has 2 unspecified atom stereocenters. The van der Waals surface area contributed by atoms with Crippen LogP contribution < -0.4 is 5.32 Å². The molecule has 0 spiro atoms. The highest BCUT2D eigenvalue weighted by Gasteiger charge is 2.20. The van der Waals surface area contributed by atoms with E-state index in [4.69, 9.17) is 4.74 Å². The van der Waals surface area contributed by atoms with Crippen LogP contribution in [0.5, 0.6) is 0 Å². The fourth-order valence-electron chi connectivity index (χ4n) is 1.82. The summed E-state index contributed by atoms with van der Waals surface area (Å²) in [5.74, 6) is 0. The number of ether oxygens (including phenoxy) is 1. The second-order valence-corrected chi connectivity index (χ2v) is 4.51. The summed E-state index contributed by atoms with van der Waals surface area (Å²) in [6.45, 7) is 5.45. The van der Waals surface area contributed by atoms with E-state index >= 15 is 0 Å². The minimum absolute atomic E-state index is 0.462. The summed E-state index contributed by atoms with van der Waals surface area (Å²) in [5, 5.41) is 3.45. The van der Waals surface area contributed by atoms with Gasteiger partial charge in [-0.2, -0.15) is 0 Å². The molecule has 1 heterocycles. The van der Waals surface area contributed by atoms with Gasteiger partial charge in [0.1, 0.15) is 0 Å². The Morgan fingerprint density at radius 3 is 2.71 bits per heavy atom. The van der Waals surface area contributed by atoms with Gasteiger partial charge in [0, 0.05) is 6.54 Å². The van der Waals surface area contributed by atoms with Crippen molar-refractivity contribution in [2.45, 2.75) is 38.4 Å². The van der Waals surface area contributed by atoms with Crippen LogP contribution in [0.1, 0.15) is 26.2 Å². The molecular weight excluding hydrogens is 176 g/mol. The molecule has 1 fully saturated rings. The average molecular weight is 200 g/mol. The first-order valence-corrected chi connectivity index (χ1v) is 5.69. The lowest BCUT2D eigenvalue weighted by molar-refractivity contribution is 0.0561. The number of nitrogens with one attached hydrogen (secondary N) is 1. The molecule has 2 atom stereocenters. The van der Waals surface area contributed by atoms with Crippen LogP contribution in [-0.4, -0.2) is 50.8 Å². The minimum atomic E-state index is 0.462. The lowest BCUT2D eigenvalue weighted by atomic mass is 10.2. The van der Waals surface area contributed by atoms with Crippen molar-refractivity contribution >= 4 is 0 Å². The molecule has 0 amide bonds. The highest BCUT2D eigenvalue weighted by Crippen LogP contribution is 2.17. The van der Waals surface area contributed by atoms with Crippen LogP contribution in [-0.2, 0) is 4.74 Å². The van der Waals surface area contributed by atoms with E-state index in [1.807, 2.05) is 0 Å². The van der Waals surface area contributed by atoms with E-state index in [1.165, 1.54) is 19.3 Å². The molecule has 14 heavy (non-hydrogen) atoms. The molecule has 1 saturated heterocycles. The van der Waals surface area contributed by atoms with Crippen LogP contribution in [0, 0.1) is 0 Å². The second-order valence-electron chi connectivity index (χ2n) is 4.51. The minimum Gasteiger partial charge on any atom is -0.374 e. The van der Waals surface area contributed by atoms with Crippen molar-refractivity contribution < 1.29 is 4.74 Å². The molecule has 3 nitrogen and oxygen atoms in total. The van der Waals surface area contributed by atoms with Crippen LogP contribution in [0.2, 0.25) is 0 Å². The number of hydrogen-bond acceptors (Lipinski definition) is 3. The van der Waals surface area contributed by atoms with E-state index < -0.39 is 0 Å². The Labute approximate surface area is 87.8 Å². The predicted molar refractivity (Wildman–Crippen MR) is 59.6 cm³/mol. The summed E-state index contributed by atoms with van der Waals surface area (Å²) in [4.78, 5) is 2.22. The van der Waals surface area contributed by atoms with Crippen molar-refractivity contribution in [1.82, 2.24) is 10.2 Å². The third-order valence-corrected chi connectivity index (χ3v) is 2.65. The SMILES string of the molecule is CC1CCC(CNCCCN(C)C)O1. The molecule has 0 aromatic carbocycles. The third kappa shape index (κ3) is 4.94. The number of nitrogens with zero attached hydrogens (tertiary/aromatic N) is 1. The molecule has 0 saturated carbocycles. The standard InChI is InChI=1S/C11H24N2O/c1-10-5-6-11(14-10)9-12-7-4-8-13(2)3/h10-12H,4-9H2,1-3H3. The van der Waals surface area contributed by atoms with Crippen molar-refractivity contribution in [2.75, 3.05) is 33.7 Å². The quantitative estimate of drug-likeness (QED) is 0.650. The van der Waals surface area contributed by atoms with E-state index in [9.17, 15) is 0 Å². The average Bonchev–Trinajstić information content (AvgIpc) is 2.50. The van der Waals surface area contributed by atoms with Crippen molar-refractivity contribution in [3.05, 3.63) is 0 Å². The maximum Gasteiger partial charge on any atom is 0.0704 e. The van der Waals surface area contributed by atoms with Crippen LogP contribution >= 0.6 is 0 Å². The third-order valence-electron chi connectivity index (χ3n) is 2.65. The van der Waals surface area contributed by atoms with Crippen molar-refractivity contribution in [3.63, 3.8) is 0 Å². The van der Waals surface area contributed by atoms with Gasteiger partial charge in [-0.15, -0.1) is 0 Å². The molecule has 0 bridgehead atoms. The Kier molecular flexibility index (Phi) is 5.45. The van der Waals surface area contributed by atoms with Crippen LogP contribution in [0.25, 0.3) is 0 Å². The smallest absolute Gasteiger partial charge is 0.0704 e. The second kappa shape index (κ2) is 6.38. The van der Waals surface area contributed by atoms with E-state index in [0.29, 0.717) is 12.2 Å². The molecule has 84 valence electrons. The molecule has 1 N–H and O–H groups in total. The van der Waals surface area contributed by atoms with E-state index in [2.05, 4.69) is 31.2 Å². The fraction of sp³-hybridized carbons (Fsp3) is 1.00. The van der Waals surface area contributed by atoms with Gasteiger partial charge in [-0.3, -0.25) is 0 Å². The van der Waals surface area contributed by atoms with Gasteiger partial charge in [-0.25, -0.2) is 0 Å². The van der Waals surface area contributed by atoms with Crippen LogP contribution in [0.4, 0.5) is 0 Å². The Morgan fingerprint density at radius 2 is 2.14 bits per heavy atom. The van der Waals surface area contributed by atoms with Crippen LogP contribution in [0.3, 0.4) is 0 Å². The Balaban J connectivity index is 1.89. The summed E-state index contributed by atoms with van der Waals surface area (Å²) in [7, 11) is 4.23. The summed E-state index contributed by atoms with van der Waals surface area (Å²) in [5.41, 5.74) is 0. The van der Waals surface area contributed by atoms with Gasteiger partial charge < -0.3 is 15.0 Å². The molecule has 0 radical (unpaired) electrons. The summed E-state index contributed by atoms with van der Waals surface area (Å²) >= 11 is 0. The molecule has 1 aliphatic rings. The van der Waals surface area contributed by atoms with E-state index in [0.717, 1.165) is 19.6 Å². The molecule has 1 rings (SSSR count). The highest BCUT2D eigenvalue weighted by molar-refractivity contribution is 4.72. The maximum absolute atomic E-state index is 5.72. The zero-order valence-electron chi connectivity index (χ0n) is 9.75. The van der Waals surface area contributed by atoms with Gasteiger partial charge in [0.25, 0.3) is 0 Å². The number of hydrogen-bond donors (Lipinski definition) is 1. The zero-order chi connectivity index (χ0) is 10.4. The van der Waals surface area contributed by atoms with Gasteiger partial charge in [0.2, 0.25) is 0 Å². The highest BCUT2D eigenvalue weighted by atomic mass is 16.5. The normalized spacial score (nSPS) is 27.4. The first-order valence-electron chi connectivity index (χ1n) is 5.69. The van der Waals surface area contributed by atoms with Crippen LogP contribution in [0.15, 0.2) is 0 Å². The van der Waals surface area contributed by atoms with Gasteiger partial charge >= 0.3 is 0 Å². The summed E-state index contributed by atoms with van der Waals surface area (Å²) < 4.78 is 5.72. The fourth-order valence-corrected chi connectivity index (χ4v) is 1.82. The topological polar surface area (TPSA) is 24.5 Å². The molecule has 0 aromatic rings. The molecular formula is C11H24N2O. The Morgan fingerprint density at radius 1 is 1.36 bits per heavy atom. The monoisotopic (exact) mass is 200 g/mol. The van der Waals surface area contributed by atoms with E-state index in [-0.39, 0.29) is 0 Å². The zero-order valence-corrected chi connectivity index (χ0v) is 9.75. The Hall–Kier alpha value is -0.120. The van der Waals surface area contributed by atoms with Gasteiger partial charge in [-0.1, -0.05) is 0 Å². The number of rotatable bonds is 6. The molecule has 0 aromatic heterocycles.